The zero-order valence-electron chi connectivity index (χ0n) is 9.44. The van der Waals surface area contributed by atoms with Gasteiger partial charge in [-0.25, -0.2) is 4.63 Å². The number of hydrogen-bond donors (Lipinski definition) is 0. The number of benzene rings is 1. The van der Waals surface area contributed by atoms with E-state index in [9.17, 15) is 0 Å². The third kappa shape index (κ3) is 1.45. The number of hydrogen-bond acceptors (Lipinski definition) is 4. The van der Waals surface area contributed by atoms with Gasteiger partial charge < -0.3 is 4.90 Å². The Morgan fingerprint density at radius 2 is 1.81 bits per heavy atom. The summed E-state index contributed by atoms with van der Waals surface area (Å²) in [7, 11) is 0. The van der Waals surface area contributed by atoms with Gasteiger partial charge >= 0.3 is 0 Å². The van der Waals surface area contributed by atoms with Gasteiger partial charge in [-0.05, 0) is 48.1 Å². The van der Waals surface area contributed by atoms with E-state index in [1.807, 2.05) is 6.92 Å². The van der Waals surface area contributed by atoms with Crippen molar-refractivity contribution in [3.63, 3.8) is 0 Å². The van der Waals surface area contributed by atoms with E-state index in [1.54, 1.807) is 0 Å². The van der Waals surface area contributed by atoms with Crippen LogP contribution in [0, 0.1) is 6.92 Å². The van der Waals surface area contributed by atoms with E-state index in [0.29, 0.717) is 0 Å². The van der Waals surface area contributed by atoms with Gasteiger partial charge in [-0.1, -0.05) is 6.07 Å². The highest BCUT2D eigenvalue weighted by Crippen LogP contribution is 2.28. The predicted molar refractivity (Wildman–Crippen MR) is 62.6 cm³/mol. The molecule has 2 aromatic rings. The maximum Gasteiger partial charge on any atom is 0.158 e. The van der Waals surface area contributed by atoms with Gasteiger partial charge in [0.25, 0.3) is 0 Å². The van der Waals surface area contributed by atoms with Crippen molar-refractivity contribution < 1.29 is 4.63 Å². The van der Waals surface area contributed by atoms with Crippen molar-refractivity contribution in [2.75, 3.05) is 18.0 Å². The van der Waals surface area contributed by atoms with E-state index >= 15 is 0 Å². The van der Waals surface area contributed by atoms with E-state index in [0.717, 1.165) is 29.7 Å². The van der Waals surface area contributed by atoms with E-state index in [4.69, 9.17) is 4.63 Å². The summed E-state index contributed by atoms with van der Waals surface area (Å²) in [6.07, 6.45) is 3.86. The Bertz CT molecular complexity index is 500. The van der Waals surface area contributed by atoms with Crippen LogP contribution in [0.4, 0.5) is 5.69 Å². The summed E-state index contributed by atoms with van der Waals surface area (Å²) in [5.74, 6) is 0. The first-order chi connectivity index (χ1) is 7.86. The zero-order chi connectivity index (χ0) is 11.0. The molecule has 0 atom stereocenters. The zero-order valence-corrected chi connectivity index (χ0v) is 9.44. The normalized spacial score (nSPS) is 16.9. The molecular weight excluding hydrogens is 202 g/mol. The monoisotopic (exact) mass is 217 g/mol. The first-order valence-electron chi connectivity index (χ1n) is 5.83. The Hall–Kier alpha value is -1.58. The van der Waals surface area contributed by atoms with E-state index in [1.165, 1.54) is 24.9 Å². The van der Waals surface area contributed by atoms with Crippen LogP contribution >= 0.6 is 0 Å². The fraction of sp³-hybridized carbons (Fsp3) is 0.500. The fourth-order valence-electron chi connectivity index (χ4n) is 2.37. The molecule has 3 rings (SSSR count). The van der Waals surface area contributed by atoms with E-state index in [2.05, 4.69) is 27.3 Å². The summed E-state index contributed by atoms with van der Waals surface area (Å²) >= 11 is 0. The summed E-state index contributed by atoms with van der Waals surface area (Å²) in [6, 6.07) is 4.23. The molecule has 0 bridgehead atoms. The molecule has 16 heavy (non-hydrogen) atoms. The molecule has 1 aromatic heterocycles. The quantitative estimate of drug-likeness (QED) is 0.736. The Morgan fingerprint density at radius 1 is 1.06 bits per heavy atom. The van der Waals surface area contributed by atoms with Crippen LogP contribution in [0.15, 0.2) is 16.8 Å². The molecule has 0 N–H and O–H groups in total. The van der Waals surface area contributed by atoms with Crippen molar-refractivity contribution >= 4 is 16.7 Å². The SMILES string of the molecule is Cc1ccc(N2CCCCC2)c2nonc12. The first-order valence-corrected chi connectivity index (χ1v) is 5.83. The molecule has 4 nitrogen and oxygen atoms in total. The Morgan fingerprint density at radius 3 is 2.62 bits per heavy atom. The van der Waals surface area contributed by atoms with Crippen molar-refractivity contribution in [3.05, 3.63) is 17.7 Å². The van der Waals surface area contributed by atoms with Gasteiger partial charge in [0.1, 0.15) is 5.52 Å². The molecule has 1 aromatic carbocycles. The minimum Gasteiger partial charge on any atom is -0.370 e. The van der Waals surface area contributed by atoms with Crippen LogP contribution in [0.3, 0.4) is 0 Å². The van der Waals surface area contributed by atoms with Crippen LogP contribution < -0.4 is 4.90 Å². The molecule has 0 amide bonds. The van der Waals surface area contributed by atoms with Crippen LogP contribution in [0.2, 0.25) is 0 Å². The maximum absolute atomic E-state index is 4.85. The smallest absolute Gasteiger partial charge is 0.158 e. The number of fused-ring (bicyclic) bond motifs is 1. The van der Waals surface area contributed by atoms with Gasteiger partial charge in [-0.3, -0.25) is 0 Å². The molecule has 0 radical (unpaired) electrons. The number of nitrogens with zero attached hydrogens (tertiary/aromatic N) is 3. The lowest BCUT2D eigenvalue weighted by Gasteiger charge is -2.28. The second-order valence-corrected chi connectivity index (χ2v) is 4.41. The molecular formula is C12H15N3O. The van der Waals surface area contributed by atoms with Crippen molar-refractivity contribution in [1.29, 1.82) is 0 Å². The Kier molecular flexibility index (Phi) is 2.27. The number of piperidine rings is 1. The van der Waals surface area contributed by atoms with Crippen LogP contribution in [0.25, 0.3) is 11.0 Å². The maximum atomic E-state index is 4.85. The average molecular weight is 217 g/mol. The summed E-state index contributed by atoms with van der Waals surface area (Å²) < 4.78 is 4.85. The lowest BCUT2D eigenvalue weighted by molar-refractivity contribution is 0.315. The number of rotatable bonds is 1. The molecule has 1 aliphatic rings. The molecule has 1 saturated heterocycles. The molecule has 2 heterocycles. The van der Waals surface area contributed by atoms with Gasteiger partial charge in [0.05, 0.1) is 5.69 Å². The Balaban J connectivity index is 2.08. The van der Waals surface area contributed by atoms with Gasteiger partial charge in [-0.2, -0.15) is 0 Å². The van der Waals surface area contributed by atoms with Crippen LogP contribution in [-0.4, -0.2) is 23.4 Å². The molecule has 0 saturated carbocycles. The summed E-state index contributed by atoms with van der Waals surface area (Å²) in [5.41, 5.74) is 4.09. The minimum absolute atomic E-state index is 0.892. The highest BCUT2D eigenvalue weighted by atomic mass is 16.6. The third-order valence-corrected chi connectivity index (χ3v) is 3.29. The van der Waals surface area contributed by atoms with Crippen molar-refractivity contribution in [2.24, 2.45) is 0 Å². The molecule has 1 aliphatic heterocycles. The number of anilines is 1. The summed E-state index contributed by atoms with van der Waals surface area (Å²) in [5, 5.41) is 7.99. The van der Waals surface area contributed by atoms with Crippen LogP contribution in [-0.2, 0) is 0 Å². The van der Waals surface area contributed by atoms with Crippen molar-refractivity contribution in [1.82, 2.24) is 10.3 Å². The standard InChI is InChI=1S/C12H15N3O/c1-9-5-6-10(12-11(9)13-16-14-12)15-7-3-2-4-8-15/h5-6H,2-4,7-8H2,1H3. The first kappa shape index (κ1) is 9.63. The van der Waals surface area contributed by atoms with Gasteiger partial charge in [-0.15, -0.1) is 0 Å². The molecule has 0 aliphatic carbocycles. The van der Waals surface area contributed by atoms with Crippen molar-refractivity contribution in [2.45, 2.75) is 26.2 Å². The lowest BCUT2D eigenvalue weighted by Crippen LogP contribution is -2.29. The Labute approximate surface area is 94.2 Å². The third-order valence-electron chi connectivity index (χ3n) is 3.29. The summed E-state index contributed by atoms with van der Waals surface area (Å²) in [4.78, 5) is 2.38. The van der Waals surface area contributed by atoms with E-state index < -0.39 is 0 Å². The van der Waals surface area contributed by atoms with Gasteiger partial charge in [0.15, 0.2) is 5.52 Å². The van der Waals surface area contributed by atoms with E-state index in [-0.39, 0.29) is 0 Å². The second kappa shape index (κ2) is 3.77. The van der Waals surface area contributed by atoms with Crippen LogP contribution in [0.5, 0.6) is 0 Å². The second-order valence-electron chi connectivity index (χ2n) is 4.41. The predicted octanol–water partition coefficient (Wildman–Crippen LogP) is 2.52. The molecule has 84 valence electrons. The van der Waals surface area contributed by atoms with Gasteiger partial charge in [0.2, 0.25) is 0 Å². The number of aryl methyl sites for hydroxylation is 1. The molecule has 0 spiro atoms. The molecule has 0 unspecified atom stereocenters. The number of aromatic nitrogens is 2. The average Bonchev–Trinajstić information content (AvgIpc) is 2.81. The fourth-order valence-corrected chi connectivity index (χ4v) is 2.37. The topological polar surface area (TPSA) is 42.2 Å². The highest BCUT2D eigenvalue weighted by molar-refractivity contribution is 5.89. The molecule has 4 heteroatoms. The molecule has 1 fully saturated rings. The summed E-state index contributed by atoms with van der Waals surface area (Å²) in [6.45, 7) is 4.27. The lowest BCUT2D eigenvalue weighted by atomic mass is 10.1. The minimum atomic E-state index is 0.892. The highest BCUT2D eigenvalue weighted by Gasteiger charge is 2.17. The van der Waals surface area contributed by atoms with Crippen molar-refractivity contribution in [3.8, 4) is 0 Å². The largest absolute Gasteiger partial charge is 0.370 e. The van der Waals surface area contributed by atoms with Crippen LogP contribution in [0.1, 0.15) is 24.8 Å². The van der Waals surface area contributed by atoms with Gasteiger partial charge in [0, 0.05) is 13.1 Å².